The van der Waals surface area contributed by atoms with Crippen LogP contribution in [0.5, 0.6) is 5.75 Å². The van der Waals surface area contributed by atoms with Gasteiger partial charge in [-0.1, -0.05) is 0 Å². The molecule has 0 radical (unpaired) electrons. The molecule has 0 fully saturated rings. The average molecular weight is 272 g/mol. The van der Waals surface area contributed by atoms with Crippen LogP contribution in [-0.4, -0.2) is 5.97 Å². The number of aryl methyl sites for hydroxylation is 2. The molecule has 0 aliphatic heterocycles. The minimum absolute atomic E-state index is 0.230. The first-order valence-electron chi connectivity index (χ1n) is 6.84. The molecule has 4 nitrogen and oxygen atoms in total. The van der Waals surface area contributed by atoms with E-state index >= 15 is 0 Å². The molecule has 0 amide bonds. The molecule has 1 aromatic carbocycles. The SMILES string of the molecule is CC(=O)Oc1cc2c3c(c(=O)oc2cc1C)CCCC3. The summed E-state index contributed by atoms with van der Waals surface area (Å²) in [6.45, 7) is 3.21. The van der Waals surface area contributed by atoms with E-state index in [-0.39, 0.29) is 11.6 Å². The second-order valence-corrected chi connectivity index (χ2v) is 5.26. The zero-order chi connectivity index (χ0) is 14.3. The second kappa shape index (κ2) is 4.78. The van der Waals surface area contributed by atoms with E-state index < -0.39 is 0 Å². The quantitative estimate of drug-likeness (QED) is 0.455. The number of esters is 1. The van der Waals surface area contributed by atoms with Crippen LogP contribution < -0.4 is 10.4 Å². The summed E-state index contributed by atoms with van der Waals surface area (Å²) in [6.07, 6.45) is 3.73. The number of hydrogen-bond donors (Lipinski definition) is 0. The molecule has 1 aliphatic carbocycles. The van der Waals surface area contributed by atoms with Gasteiger partial charge in [0, 0.05) is 17.9 Å². The van der Waals surface area contributed by atoms with E-state index in [1.165, 1.54) is 6.92 Å². The Labute approximate surface area is 116 Å². The maximum atomic E-state index is 12.0. The van der Waals surface area contributed by atoms with E-state index in [1.54, 1.807) is 6.07 Å². The standard InChI is InChI=1S/C16H16O4/c1-9-7-15-13(8-14(9)19-10(2)17)11-5-3-4-6-12(11)16(18)20-15/h7-8H,3-6H2,1-2H3. The first-order valence-corrected chi connectivity index (χ1v) is 6.84. The molecule has 0 bridgehead atoms. The van der Waals surface area contributed by atoms with Crippen LogP contribution in [0.3, 0.4) is 0 Å². The van der Waals surface area contributed by atoms with Gasteiger partial charge in [-0.25, -0.2) is 4.79 Å². The van der Waals surface area contributed by atoms with Crippen molar-refractivity contribution >= 4 is 16.9 Å². The summed E-state index contributed by atoms with van der Waals surface area (Å²) < 4.78 is 10.6. The Balaban J connectivity index is 2.28. The molecular weight excluding hydrogens is 256 g/mol. The van der Waals surface area contributed by atoms with Crippen molar-refractivity contribution in [2.45, 2.75) is 39.5 Å². The highest BCUT2D eigenvalue weighted by Gasteiger charge is 2.19. The Morgan fingerprint density at radius 1 is 1.20 bits per heavy atom. The Kier molecular flexibility index (Phi) is 3.08. The van der Waals surface area contributed by atoms with Crippen molar-refractivity contribution in [1.29, 1.82) is 0 Å². The largest absolute Gasteiger partial charge is 0.426 e. The second-order valence-electron chi connectivity index (χ2n) is 5.26. The molecule has 1 aromatic heterocycles. The normalized spacial score (nSPS) is 14.1. The fourth-order valence-corrected chi connectivity index (χ4v) is 2.84. The van der Waals surface area contributed by atoms with Crippen molar-refractivity contribution in [2.75, 3.05) is 0 Å². The molecule has 4 heteroatoms. The van der Waals surface area contributed by atoms with Crippen molar-refractivity contribution in [3.8, 4) is 5.75 Å². The Bertz CT molecular complexity index is 755. The number of rotatable bonds is 1. The number of ether oxygens (including phenoxy) is 1. The number of hydrogen-bond acceptors (Lipinski definition) is 4. The lowest BCUT2D eigenvalue weighted by molar-refractivity contribution is -0.131. The number of fused-ring (bicyclic) bond motifs is 3. The van der Waals surface area contributed by atoms with E-state index in [0.717, 1.165) is 47.8 Å². The minimum Gasteiger partial charge on any atom is -0.426 e. The lowest BCUT2D eigenvalue weighted by atomic mass is 9.90. The van der Waals surface area contributed by atoms with Crippen LogP contribution in [0.2, 0.25) is 0 Å². The number of carbonyl (C=O) groups is 1. The van der Waals surface area contributed by atoms with E-state index in [4.69, 9.17) is 9.15 Å². The van der Waals surface area contributed by atoms with Gasteiger partial charge in [0.2, 0.25) is 0 Å². The van der Waals surface area contributed by atoms with Gasteiger partial charge in [-0.05, 0) is 55.9 Å². The monoisotopic (exact) mass is 272 g/mol. The minimum atomic E-state index is -0.348. The van der Waals surface area contributed by atoms with Crippen LogP contribution in [-0.2, 0) is 17.6 Å². The summed E-state index contributed by atoms with van der Waals surface area (Å²) in [4.78, 5) is 23.1. The molecule has 1 heterocycles. The zero-order valence-electron chi connectivity index (χ0n) is 11.6. The molecule has 1 aliphatic rings. The molecule has 20 heavy (non-hydrogen) atoms. The van der Waals surface area contributed by atoms with Crippen molar-refractivity contribution in [2.24, 2.45) is 0 Å². The van der Waals surface area contributed by atoms with E-state index in [2.05, 4.69) is 0 Å². The Morgan fingerprint density at radius 3 is 2.60 bits per heavy atom. The van der Waals surface area contributed by atoms with E-state index in [9.17, 15) is 9.59 Å². The lowest BCUT2D eigenvalue weighted by Crippen LogP contribution is -2.16. The van der Waals surface area contributed by atoms with Gasteiger partial charge in [-0.3, -0.25) is 4.79 Å². The molecule has 104 valence electrons. The molecule has 0 atom stereocenters. The van der Waals surface area contributed by atoms with Gasteiger partial charge in [0.25, 0.3) is 0 Å². The Morgan fingerprint density at radius 2 is 1.90 bits per heavy atom. The maximum Gasteiger partial charge on any atom is 0.339 e. The fraction of sp³-hybridized carbons (Fsp3) is 0.375. The predicted octanol–water partition coefficient (Wildman–Crippen LogP) is 2.91. The zero-order valence-corrected chi connectivity index (χ0v) is 11.6. The topological polar surface area (TPSA) is 56.5 Å². The highest BCUT2D eigenvalue weighted by molar-refractivity contribution is 5.85. The molecule has 3 rings (SSSR count). The molecule has 0 unspecified atom stereocenters. The summed E-state index contributed by atoms with van der Waals surface area (Å²) in [5.74, 6) is 0.185. The van der Waals surface area contributed by atoms with Crippen LogP contribution in [0, 0.1) is 6.92 Å². The molecule has 0 saturated heterocycles. The van der Waals surface area contributed by atoms with E-state index in [0.29, 0.717) is 11.3 Å². The highest BCUT2D eigenvalue weighted by atomic mass is 16.5. The number of benzene rings is 1. The highest BCUT2D eigenvalue weighted by Crippen LogP contribution is 2.31. The van der Waals surface area contributed by atoms with E-state index in [1.807, 2.05) is 13.0 Å². The fourth-order valence-electron chi connectivity index (χ4n) is 2.84. The van der Waals surface area contributed by atoms with Gasteiger partial charge in [0.05, 0.1) is 0 Å². The van der Waals surface area contributed by atoms with Crippen LogP contribution in [0.25, 0.3) is 11.0 Å². The van der Waals surface area contributed by atoms with Gasteiger partial charge in [-0.15, -0.1) is 0 Å². The van der Waals surface area contributed by atoms with Gasteiger partial charge in [0.1, 0.15) is 11.3 Å². The van der Waals surface area contributed by atoms with Gasteiger partial charge in [0.15, 0.2) is 0 Å². The third-order valence-electron chi connectivity index (χ3n) is 3.77. The van der Waals surface area contributed by atoms with Gasteiger partial charge < -0.3 is 9.15 Å². The molecule has 2 aromatic rings. The molecule has 0 N–H and O–H groups in total. The number of carbonyl (C=O) groups excluding carboxylic acids is 1. The lowest BCUT2D eigenvalue weighted by Gasteiger charge is -2.17. The molecular formula is C16H16O4. The summed E-state index contributed by atoms with van der Waals surface area (Å²) in [5.41, 5.74) is 2.96. The van der Waals surface area contributed by atoms with Crippen LogP contribution in [0.1, 0.15) is 36.5 Å². The van der Waals surface area contributed by atoms with Gasteiger partial charge in [-0.2, -0.15) is 0 Å². The summed E-state index contributed by atoms with van der Waals surface area (Å²) in [6, 6.07) is 3.59. The first-order chi connectivity index (χ1) is 9.56. The van der Waals surface area contributed by atoms with Crippen molar-refractivity contribution in [1.82, 2.24) is 0 Å². The van der Waals surface area contributed by atoms with Gasteiger partial charge >= 0.3 is 11.6 Å². The maximum absolute atomic E-state index is 12.0. The summed E-state index contributed by atoms with van der Waals surface area (Å²) >= 11 is 0. The first kappa shape index (κ1) is 12.9. The third-order valence-corrected chi connectivity index (χ3v) is 3.77. The molecule has 0 spiro atoms. The van der Waals surface area contributed by atoms with Crippen molar-refractivity contribution in [3.63, 3.8) is 0 Å². The van der Waals surface area contributed by atoms with Crippen LogP contribution in [0.4, 0.5) is 0 Å². The van der Waals surface area contributed by atoms with Crippen molar-refractivity contribution in [3.05, 3.63) is 39.2 Å². The smallest absolute Gasteiger partial charge is 0.339 e. The summed E-state index contributed by atoms with van der Waals surface area (Å²) in [5, 5.41) is 0.890. The summed E-state index contributed by atoms with van der Waals surface area (Å²) in [7, 11) is 0. The average Bonchev–Trinajstić information content (AvgIpc) is 2.40. The third kappa shape index (κ3) is 2.11. The van der Waals surface area contributed by atoms with Crippen LogP contribution >= 0.6 is 0 Å². The predicted molar refractivity (Wildman–Crippen MR) is 75.2 cm³/mol. The van der Waals surface area contributed by atoms with Crippen molar-refractivity contribution < 1.29 is 13.9 Å². The van der Waals surface area contributed by atoms with Crippen LogP contribution in [0.15, 0.2) is 21.3 Å². The molecule has 0 saturated carbocycles. The Hall–Kier alpha value is -2.10.